The molecule has 0 radical (unpaired) electrons. The van der Waals surface area contributed by atoms with E-state index in [9.17, 15) is 0 Å². The van der Waals surface area contributed by atoms with Crippen molar-refractivity contribution >= 4 is 0 Å². The zero-order valence-corrected chi connectivity index (χ0v) is 11.4. The molecular weight excluding hydrogens is 214 g/mol. The molecule has 1 unspecified atom stereocenters. The van der Waals surface area contributed by atoms with E-state index in [2.05, 4.69) is 30.5 Å². The summed E-state index contributed by atoms with van der Waals surface area (Å²) in [4.78, 5) is 0. The van der Waals surface area contributed by atoms with Gasteiger partial charge in [0, 0.05) is 17.8 Å². The van der Waals surface area contributed by atoms with Crippen LogP contribution in [0.25, 0.3) is 0 Å². The van der Waals surface area contributed by atoms with Gasteiger partial charge in [-0.05, 0) is 26.8 Å². The van der Waals surface area contributed by atoms with E-state index in [1.807, 2.05) is 24.7 Å². The Labute approximate surface area is 104 Å². The predicted molar refractivity (Wildman–Crippen MR) is 70.0 cm³/mol. The molecule has 1 rings (SSSR count). The van der Waals surface area contributed by atoms with Crippen molar-refractivity contribution in [3.63, 3.8) is 0 Å². The van der Waals surface area contributed by atoms with Gasteiger partial charge >= 0.3 is 0 Å². The number of aromatic nitrogens is 2. The van der Waals surface area contributed by atoms with Crippen LogP contribution in [0.15, 0.2) is 12.4 Å². The standard InChI is InChI=1S/C13H25N3O/c1-5-13(14-6-2)12-9-15-16(10-12)7-8-17-11(3)4/h9-11,13-14H,5-8H2,1-4H3. The molecule has 1 aromatic rings. The van der Waals surface area contributed by atoms with Crippen molar-refractivity contribution in [3.8, 4) is 0 Å². The van der Waals surface area contributed by atoms with Crippen molar-refractivity contribution in [3.05, 3.63) is 18.0 Å². The van der Waals surface area contributed by atoms with E-state index in [0.29, 0.717) is 6.04 Å². The van der Waals surface area contributed by atoms with Gasteiger partial charge in [0.15, 0.2) is 0 Å². The monoisotopic (exact) mass is 239 g/mol. The third kappa shape index (κ3) is 4.88. The van der Waals surface area contributed by atoms with Crippen LogP contribution in [-0.2, 0) is 11.3 Å². The lowest BCUT2D eigenvalue weighted by atomic mass is 10.1. The number of ether oxygens (including phenoxy) is 1. The van der Waals surface area contributed by atoms with Gasteiger partial charge in [-0.1, -0.05) is 13.8 Å². The quantitative estimate of drug-likeness (QED) is 0.757. The van der Waals surface area contributed by atoms with Gasteiger partial charge in [0.05, 0.1) is 25.5 Å². The topological polar surface area (TPSA) is 39.1 Å². The SMILES string of the molecule is CCNC(CC)c1cnn(CCOC(C)C)c1. The molecule has 0 amide bonds. The van der Waals surface area contributed by atoms with Crippen LogP contribution in [-0.4, -0.2) is 29.0 Å². The van der Waals surface area contributed by atoms with Gasteiger partial charge in [0.25, 0.3) is 0 Å². The minimum absolute atomic E-state index is 0.287. The number of nitrogens with zero attached hydrogens (tertiary/aromatic N) is 2. The Hall–Kier alpha value is -0.870. The molecule has 0 fully saturated rings. The minimum Gasteiger partial charge on any atom is -0.377 e. The van der Waals surface area contributed by atoms with Crippen molar-refractivity contribution in [2.75, 3.05) is 13.2 Å². The average Bonchev–Trinajstić information content (AvgIpc) is 2.74. The first-order chi connectivity index (χ1) is 8.17. The summed E-state index contributed by atoms with van der Waals surface area (Å²) in [5.74, 6) is 0. The van der Waals surface area contributed by atoms with Crippen molar-refractivity contribution in [2.24, 2.45) is 0 Å². The summed E-state index contributed by atoms with van der Waals surface area (Å²) < 4.78 is 7.47. The van der Waals surface area contributed by atoms with Gasteiger partial charge < -0.3 is 10.1 Å². The summed E-state index contributed by atoms with van der Waals surface area (Å²) in [6, 6.07) is 0.416. The fraction of sp³-hybridized carbons (Fsp3) is 0.769. The first-order valence-electron chi connectivity index (χ1n) is 6.54. The van der Waals surface area contributed by atoms with Crippen LogP contribution < -0.4 is 5.32 Å². The fourth-order valence-electron chi connectivity index (χ4n) is 1.81. The zero-order valence-electron chi connectivity index (χ0n) is 11.4. The summed E-state index contributed by atoms with van der Waals surface area (Å²) in [5, 5.41) is 7.81. The highest BCUT2D eigenvalue weighted by Crippen LogP contribution is 2.15. The molecule has 0 spiro atoms. The van der Waals surface area contributed by atoms with Crippen LogP contribution >= 0.6 is 0 Å². The molecule has 0 saturated carbocycles. The fourth-order valence-corrected chi connectivity index (χ4v) is 1.81. The molecule has 4 nitrogen and oxygen atoms in total. The third-order valence-electron chi connectivity index (χ3n) is 2.69. The van der Waals surface area contributed by atoms with Crippen molar-refractivity contribution in [1.82, 2.24) is 15.1 Å². The second kappa shape index (κ2) is 7.45. The molecule has 0 aromatic carbocycles. The van der Waals surface area contributed by atoms with Crippen LogP contribution in [0.2, 0.25) is 0 Å². The maximum atomic E-state index is 5.51. The molecule has 98 valence electrons. The molecule has 0 saturated heterocycles. The zero-order chi connectivity index (χ0) is 12.7. The van der Waals surface area contributed by atoms with Crippen LogP contribution in [0.4, 0.5) is 0 Å². The average molecular weight is 239 g/mol. The van der Waals surface area contributed by atoms with Crippen LogP contribution in [0.1, 0.15) is 45.7 Å². The van der Waals surface area contributed by atoms with Gasteiger partial charge in [-0.25, -0.2) is 0 Å². The number of rotatable bonds is 8. The Bertz CT molecular complexity index is 309. The molecule has 1 atom stereocenters. The van der Waals surface area contributed by atoms with Crippen molar-refractivity contribution in [2.45, 2.75) is 52.8 Å². The van der Waals surface area contributed by atoms with E-state index < -0.39 is 0 Å². The smallest absolute Gasteiger partial charge is 0.0666 e. The molecule has 4 heteroatoms. The van der Waals surface area contributed by atoms with E-state index in [-0.39, 0.29) is 6.10 Å². The van der Waals surface area contributed by atoms with Gasteiger partial charge in [-0.2, -0.15) is 5.10 Å². The molecular formula is C13H25N3O. The summed E-state index contributed by atoms with van der Waals surface area (Å²) in [5.41, 5.74) is 1.26. The molecule has 0 aliphatic carbocycles. The maximum absolute atomic E-state index is 5.51. The number of hydrogen-bond acceptors (Lipinski definition) is 3. The van der Waals surface area contributed by atoms with Crippen molar-refractivity contribution < 1.29 is 4.74 Å². The highest BCUT2D eigenvalue weighted by atomic mass is 16.5. The summed E-state index contributed by atoms with van der Waals surface area (Å²) >= 11 is 0. The Morgan fingerprint density at radius 1 is 1.41 bits per heavy atom. The van der Waals surface area contributed by atoms with Gasteiger partial charge in [0.1, 0.15) is 0 Å². The minimum atomic E-state index is 0.287. The Morgan fingerprint density at radius 2 is 2.18 bits per heavy atom. The first-order valence-corrected chi connectivity index (χ1v) is 6.54. The highest BCUT2D eigenvalue weighted by molar-refractivity contribution is 5.10. The van der Waals surface area contributed by atoms with Crippen LogP contribution in [0.5, 0.6) is 0 Å². The third-order valence-corrected chi connectivity index (χ3v) is 2.69. The van der Waals surface area contributed by atoms with E-state index >= 15 is 0 Å². The Balaban J connectivity index is 2.46. The van der Waals surface area contributed by atoms with Gasteiger partial charge in [-0.3, -0.25) is 4.68 Å². The normalized spacial score (nSPS) is 13.2. The van der Waals surface area contributed by atoms with Gasteiger partial charge in [-0.15, -0.1) is 0 Å². The van der Waals surface area contributed by atoms with Gasteiger partial charge in [0.2, 0.25) is 0 Å². The van der Waals surface area contributed by atoms with E-state index in [0.717, 1.165) is 26.1 Å². The lowest BCUT2D eigenvalue weighted by Gasteiger charge is -2.13. The van der Waals surface area contributed by atoms with E-state index in [1.165, 1.54) is 5.56 Å². The molecule has 0 aliphatic heterocycles. The largest absolute Gasteiger partial charge is 0.377 e. The van der Waals surface area contributed by atoms with Crippen LogP contribution in [0.3, 0.4) is 0 Å². The van der Waals surface area contributed by atoms with E-state index in [4.69, 9.17) is 4.74 Å². The molecule has 1 N–H and O–H groups in total. The predicted octanol–water partition coefficient (Wildman–Crippen LogP) is 2.37. The summed E-state index contributed by atoms with van der Waals surface area (Å²) in [7, 11) is 0. The molecule has 17 heavy (non-hydrogen) atoms. The highest BCUT2D eigenvalue weighted by Gasteiger charge is 2.09. The first kappa shape index (κ1) is 14.2. The van der Waals surface area contributed by atoms with E-state index in [1.54, 1.807) is 0 Å². The lowest BCUT2D eigenvalue weighted by molar-refractivity contribution is 0.0709. The summed E-state index contributed by atoms with van der Waals surface area (Å²) in [6.07, 6.45) is 5.43. The second-order valence-electron chi connectivity index (χ2n) is 4.47. The van der Waals surface area contributed by atoms with Crippen LogP contribution in [0, 0.1) is 0 Å². The molecule has 0 aliphatic rings. The second-order valence-corrected chi connectivity index (χ2v) is 4.47. The molecule has 0 bridgehead atoms. The number of hydrogen-bond donors (Lipinski definition) is 1. The Morgan fingerprint density at radius 3 is 2.76 bits per heavy atom. The Kier molecular flexibility index (Phi) is 6.22. The maximum Gasteiger partial charge on any atom is 0.0666 e. The van der Waals surface area contributed by atoms with Crippen molar-refractivity contribution in [1.29, 1.82) is 0 Å². The summed E-state index contributed by atoms with van der Waals surface area (Å²) in [6.45, 7) is 10.9. The molecule has 1 heterocycles. The lowest BCUT2D eigenvalue weighted by Crippen LogP contribution is -2.19. The molecule has 1 aromatic heterocycles. The number of nitrogens with one attached hydrogen (secondary N) is 1.